The second kappa shape index (κ2) is 6.11. The third-order valence-electron chi connectivity index (χ3n) is 3.38. The Bertz CT molecular complexity index is 447. The summed E-state index contributed by atoms with van der Waals surface area (Å²) < 4.78 is 17.7. The van der Waals surface area contributed by atoms with E-state index >= 15 is 0 Å². The van der Waals surface area contributed by atoms with Gasteiger partial charge in [0.15, 0.2) is 11.5 Å². The smallest absolute Gasteiger partial charge is 0.175 e. The third kappa shape index (κ3) is 3.22. The molecule has 1 aromatic carbocycles. The monoisotopic (exact) mass is 327 g/mol. The van der Waals surface area contributed by atoms with Gasteiger partial charge in [-0.1, -0.05) is 0 Å². The van der Waals surface area contributed by atoms with Crippen LogP contribution in [-0.4, -0.2) is 32.5 Å². The lowest BCUT2D eigenvalue weighted by atomic mass is 10.2. The van der Waals surface area contributed by atoms with Gasteiger partial charge < -0.3 is 19.5 Å². The van der Waals surface area contributed by atoms with E-state index in [1.165, 1.54) is 12.0 Å². The second-order valence-corrected chi connectivity index (χ2v) is 5.72. The Morgan fingerprint density at radius 2 is 2.11 bits per heavy atom. The molecule has 0 bridgehead atoms. The van der Waals surface area contributed by atoms with Crippen LogP contribution in [-0.2, 0) is 11.3 Å². The summed E-state index contributed by atoms with van der Waals surface area (Å²) in [5, 5.41) is 3.44. The highest BCUT2D eigenvalue weighted by Crippen LogP contribution is 2.38. The lowest BCUT2D eigenvalue weighted by molar-refractivity contribution is 0.110. The minimum atomic E-state index is 0.376. The highest BCUT2D eigenvalue weighted by molar-refractivity contribution is 9.10. The summed E-state index contributed by atoms with van der Waals surface area (Å²) >= 11 is 3.53. The van der Waals surface area contributed by atoms with Crippen molar-refractivity contribution in [1.82, 2.24) is 5.32 Å². The number of hydrogen-bond acceptors (Lipinski definition) is 4. The predicted molar refractivity (Wildman–Crippen MR) is 75.8 cm³/mol. The van der Waals surface area contributed by atoms with E-state index < -0.39 is 0 Å². The van der Waals surface area contributed by atoms with Crippen molar-refractivity contribution in [2.24, 2.45) is 0 Å². The van der Waals surface area contributed by atoms with Gasteiger partial charge in [-0.3, -0.25) is 0 Å². The van der Waals surface area contributed by atoms with Gasteiger partial charge in [-0.2, -0.15) is 0 Å². The van der Waals surface area contributed by atoms with Gasteiger partial charge in [0.2, 0.25) is 0 Å². The third-order valence-corrected chi connectivity index (χ3v) is 3.97. The van der Waals surface area contributed by atoms with Crippen LogP contribution in [0.4, 0.5) is 0 Å². The number of rotatable bonds is 4. The Hall–Kier alpha value is -0.780. The first-order valence-electron chi connectivity index (χ1n) is 6.73. The molecule has 0 spiro atoms. The van der Waals surface area contributed by atoms with Crippen molar-refractivity contribution in [3.63, 3.8) is 0 Å². The van der Waals surface area contributed by atoms with Crippen LogP contribution in [0.3, 0.4) is 0 Å². The Morgan fingerprint density at radius 3 is 2.95 bits per heavy atom. The van der Waals surface area contributed by atoms with Crippen molar-refractivity contribution in [3.8, 4) is 11.5 Å². The Balaban J connectivity index is 1.59. The van der Waals surface area contributed by atoms with Crippen LogP contribution < -0.4 is 14.8 Å². The fourth-order valence-electron chi connectivity index (χ4n) is 2.45. The molecule has 1 N–H and O–H groups in total. The summed E-state index contributed by atoms with van der Waals surface area (Å²) in [6.07, 6.45) is 2.72. The predicted octanol–water partition coefficient (Wildman–Crippen LogP) is 2.49. The maximum atomic E-state index is 5.62. The molecule has 2 aliphatic heterocycles. The van der Waals surface area contributed by atoms with E-state index in [2.05, 4.69) is 27.3 Å². The Morgan fingerprint density at radius 1 is 1.21 bits per heavy atom. The van der Waals surface area contributed by atoms with Crippen LogP contribution in [0.1, 0.15) is 18.4 Å². The lowest BCUT2D eigenvalue weighted by Crippen LogP contribution is -2.26. The largest absolute Gasteiger partial charge is 0.486 e. The van der Waals surface area contributed by atoms with E-state index in [0.717, 1.165) is 42.1 Å². The topological polar surface area (TPSA) is 39.7 Å². The average molecular weight is 328 g/mol. The molecule has 0 saturated carbocycles. The van der Waals surface area contributed by atoms with Crippen molar-refractivity contribution in [2.75, 3.05) is 26.4 Å². The number of nitrogens with one attached hydrogen (secondary N) is 1. The van der Waals surface area contributed by atoms with Crippen molar-refractivity contribution in [1.29, 1.82) is 0 Å². The molecule has 0 aromatic heterocycles. The molecule has 0 radical (unpaired) electrons. The zero-order valence-corrected chi connectivity index (χ0v) is 12.4. The van der Waals surface area contributed by atoms with Gasteiger partial charge in [0, 0.05) is 19.7 Å². The van der Waals surface area contributed by atoms with Gasteiger partial charge in [0.05, 0.1) is 10.6 Å². The maximum absolute atomic E-state index is 5.62. The zero-order valence-electron chi connectivity index (χ0n) is 10.8. The molecule has 5 heteroatoms. The molecule has 1 fully saturated rings. The van der Waals surface area contributed by atoms with Gasteiger partial charge in [-0.15, -0.1) is 0 Å². The lowest BCUT2D eigenvalue weighted by Gasteiger charge is -2.20. The van der Waals surface area contributed by atoms with Crippen LogP contribution in [0.15, 0.2) is 16.6 Å². The SMILES string of the molecule is Brc1cc(CNCC2CCCO2)cc2c1OCCO2. The molecule has 0 amide bonds. The number of fused-ring (bicyclic) bond motifs is 1. The fourth-order valence-corrected chi connectivity index (χ4v) is 3.05. The summed E-state index contributed by atoms with van der Waals surface area (Å²) in [5.41, 5.74) is 1.19. The molecule has 2 heterocycles. The van der Waals surface area contributed by atoms with Gasteiger partial charge in [0.25, 0.3) is 0 Å². The van der Waals surface area contributed by atoms with E-state index in [4.69, 9.17) is 14.2 Å². The number of ether oxygens (including phenoxy) is 3. The Kier molecular flexibility index (Phi) is 4.25. The van der Waals surface area contributed by atoms with E-state index in [9.17, 15) is 0 Å². The maximum Gasteiger partial charge on any atom is 0.175 e. The van der Waals surface area contributed by atoms with Crippen LogP contribution >= 0.6 is 15.9 Å². The van der Waals surface area contributed by atoms with Crippen LogP contribution in [0.2, 0.25) is 0 Å². The Labute approximate surface area is 121 Å². The van der Waals surface area contributed by atoms with Crippen molar-refractivity contribution < 1.29 is 14.2 Å². The number of halogens is 1. The van der Waals surface area contributed by atoms with Crippen LogP contribution in [0, 0.1) is 0 Å². The zero-order chi connectivity index (χ0) is 13.1. The van der Waals surface area contributed by atoms with E-state index in [-0.39, 0.29) is 0 Å². The standard InChI is InChI=1S/C14H18BrNO3/c15-12-6-10(7-13-14(12)19-5-4-18-13)8-16-9-11-2-1-3-17-11/h6-7,11,16H,1-5,8-9H2. The molecule has 4 nitrogen and oxygen atoms in total. The summed E-state index contributed by atoms with van der Waals surface area (Å²) in [6, 6.07) is 4.12. The van der Waals surface area contributed by atoms with Crippen molar-refractivity contribution in [2.45, 2.75) is 25.5 Å². The summed E-state index contributed by atoms with van der Waals surface area (Å²) in [5.74, 6) is 1.64. The average Bonchev–Trinajstić information content (AvgIpc) is 2.92. The van der Waals surface area contributed by atoms with Gasteiger partial charge in [0.1, 0.15) is 13.2 Å². The van der Waals surface area contributed by atoms with E-state index in [1.54, 1.807) is 0 Å². The second-order valence-electron chi connectivity index (χ2n) is 4.87. The molecule has 0 aliphatic carbocycles. The summed E-state index contributed by atoms with van der Waals surface area (Å²) in [4.78, 5) is 0. The number of benzene rings is 1. The highest BCUT2D eigenvalue weighted by Gasteiger charge is 2.17. The van der Waals surface area contributed by atoms with Crippen LogP contribution in [0.5, 0.6) is 11.5 Å². The molecule has 3 rings (SSSR count). The molecule has 104 valence electrons. The highest BCUT2D eigenvalue weighted by atomic mass is 79.9. The quantitative estimate of drug-likeness (QED) is 0.922. The van der Waals surface area contributed by atoms with Crippen molar-refractivity contribution >= 4 is 15.9 Å². The molecule has 19 heavy (non-hydrogen) atoms. The summed E-state index contributed by atoms with van der Waals surface area (Å²) in [6.45, 7) is 3.86. The molecular formula is C14H18BrNO3. The van der Waals surface area contributed by atoms with E-state index in [0.29, 0.717) is 19.3 Å². The number of hydrogen-bond donors (Lipinski definition) is 1. The molecule has 1 atom stereocenters. The molecule has 1 aromatic rings. The molecule has 1 unspecified atom stereocenters. The van der Waals surface area contributed by atoms with Gasteiger partial charge >= 0.3 is 0 Å². The first-order valence-corrected chi connectivity index (χ1v) is 7.52. The van der Waals surface area contributed by atoms with Gasteiger partial charge in [-0.25, -0.2) is 0 Å². The first kappa shape index (κ1) is 13.2. The van der Waals surface area contributed by atoms with E-state index in [1.807, 2.05) is 6.07 Å². The normalized spacial score (nSPS) is 21.6. The minimum absolute atomic E-state index is 0.376. The first-order chi connectivity index (χ1) is 9.33. The fraction of sp³-hybridized carbons (Fsp3) is 0.571. The van der Waals surface area contributed by atoms with Gasteiger partial charge in [-0.05, 0) is 46.5 Å². The van der Waals surface area contributed by atoms with Crippen LogP contribution in [0.25, 0.3) is 0 Å². The molecule has 2 aliphatic rings. The molecule has 1 saturated heterocycles. The minimum Gasteiger partial charge on any atom is -0.486 e. The van der Waals surface area contributed by atoms with Crippen molar-refractivity contribution in [3.05, 3.63) is 22.2 Å². The molecular weight excluding hydrogens is 310 g/mol. The summed E-state index contributed by atoms with van der Waals surface area (Å²) in [7, 11) is 0.